The molecule has 0 aromatic carbocycles. The second-order valence-electron chi connectivity index (χ2n) is 4.89. The lowest BCUT2D eigenvalue weighted by Gasteiger charge is -2.29. The van der Waals surface area contributed by atoms with Crippen molar-refractivity contribution in [1.82, 2.24) is 10.2 Å². The molecule has 1 aliphatic rings. The lowest BCUT2D eigenvalue weighted by atomic mass is 10.1. The number of rotatable bonds is 6. The minimum atomic E-state index is 0.145. The number of amides is 1. The molecular formula is C13H27N3O. The third kappa shape index (κ3) is 5.50. The summed E-state index contributed by atoms with van der Waals surface area (Å²) in [4.78, 5) is 14.1. The molecule has 0 spiro atoms. The van der Waals surface area contributed by atoms with Crippen molar-refractivity contribution in [3.63, 3.8) is 0 Å². The molecule has 0 aromatic heterocycles. The van der Waals surface area contributed by atoms with E-state index in [2.05, 4.69) is 17.1 Å². The lowest BCUT2D eigenvalue weighted by molar-refractivity contribution is -0.122. The van der Waals surface area contributed by atoms with Crippen LogP contribution in [0.15, 0.2) is 0 Å². The molecule has 0 aromatic rings. The van der Waals surface area contributed by atoms with Gasteiger partial charge in [-0.3, -0.25) is 9.69 Å². The van der Waals surface area contributed by atoms with Crippen molar-refractivity contribution < 1.29 is 4.79 Å². The van der Waals surface area contributed by atoms with Crippen LogP contribution in [0.2, 0.25) is 0 Å². The first-order valence-electron chi connectivity index (χ1n) is 6.98. The van der Waals surface area contributed by atoms with Crippen molar-refractivity contribution in [2.24, 2.45) is 5.73 Å². The van der Waals surface area contributed by atoms with Crippen molar-refractivity contribution in [3.05, 3.63) is 0 Å². The van der Waals surface area contributed by atoms with Crippen molar-refractivity contribution in [3.8, 4) is 0 Å². The highest BCUT2D eigenvalue weighted by atomic mass is 16.1. The molecule has 1 atom stereocenters. The van der Waals surface area contributed by atoms with Crippen LogP contribution in [-0.2, 0) is 4.79 Å². The molecule has 1 amide bonds. The molecule has 1 rings (SSSR count). The number of carbonyl (C=O) groups is 1. The van der Waals surface area contributed by atoms with Crippen LogP contribution in [0.5, 0.6) is 0 Å². The van der Waals surface area contributed by atoms with Crippen LogP contribution in [0.3, 0.4) is 0 Å². The van der Waals surface area contributed by atoms with Gasteiger partial charge < -0.3 is 11.1 Å². The molecule has 4 heteroatoms. The van der Waals surface area contributed by atoms with Crippen molar-refractivity contribution >= 4 is 5.91 Å². The Bertz CT molecular complexity index is 213. The molecule has 1 aliphatic heterocycles. The van der Waals surface area contributed by atoms with E-state index in [0.29, 0.717) is 13.0 Å². The standard InChI is InChI=1S/C13H27N3O/c1-2-7-15-13(17)10-12(11-14)16-8-5-3-4-6-9-16/h12H,2-11,14H2,1H3,(H,15,17). The van der Waals surface area contributed by atoms with Gasteiger partial charge in [-0.2, -0.15) is 0 Å². The van der Waals surface area contributed by atoms with E-state index in [0.717, 1.165) is 26.1 Å². The summed E-state index contributed by atoms with van der Waals surface area (Å²) in [5.74, 6) is 0.145. The molecule has 4 nitrogen and oxygen atoms in total. The predicted molar refractivity (Wildman–Crippen MR) is 70.8 cm³/mol. The van der Waals surface area contributed by atoms with Crippen LogP contribution >= 0.6 is 0 Å². The van der Waals surface area contributed by atoms with E-state index < -0.39 is 0 Å². The average Bonchev–Trinajstić information content (AvgIpc) is 2.62. The van der Waals surface area contributed by atoms with Gasteiger partial charge in [0.15, 0.2) is 0 Å². The first kappa shape index (κ1) is 14.5. The van der Waals surface area contributed by atoms with E-state index in [1.54, 1.807) is 0 Å². The Balaban J connectivity index is 2.37. The van der Waals surface area contributed by atoms with Crippen LogP contribution in [0, 0.1) is 0 Å². The van der Waals surface area contributed by atoms with E-state index >= 15 is 0 Å². The van der Waals surface area contributed by atoms with E-state index in [4.69, 9.17) is 5.73 Å². The zero-order chi connectivity index (χ0) is 12.5. The highest BCUT2D eigenvalue weighted by molar-refractivity contribution is 5.76. The van der Waals surface area contributed by atoms with E-state index in [1.807, 2.05) is 0 Å². The highest BCUT2D eigenvalue weighted by Gasteiger charge is 2.20. The summed E-state index contributed by atoms with van der Waals surface area (Å²) in [6.45, 7) is 5.62. The predicted octanol–water partition coefficient (Wildman–Crippen LogP) is 1.11. The number of nitrogens with one attached hydrogen (secondary N) is 1. The Kier molecular flexibility index (Phi) is 7.21. The lowest BCUT2D eigenvalue weighted by Crippen LogP contribution is -2.44. The van der Waals surface area contributed by atoms with Crippen LogP contribution in [0.1, 0.15) is 45.4 Å². The van der Waals surface area contributed by atoms with Crippen molar-refractivity contribution in [1.29, 1.82) is 0 Å². The first-order chi connectivity index (χ1) is 8.27. The second kappa shape index (κ2) is 8.48. The normalized spacial score (nSPS) is 19.6. The Morgan fingerprint density at radius 3 is 2.47 bits per heavy atom. The van der Waals surface area contributed by atoms with Gasteiger partial charge in [0.1, 0.15) is 0 Å². The maximum Gasteiger partial charge on any atom is 0.221 e. The van der Waals surface area contributed by atoms with Crippen molar-refractivity contribution in [2.75, 3.05) is 26.2 Å². The molecule has 1 unspecified atom stereocenters. The number of carbonyl (C=O) groups excluding carboxylic acids is 1. The molecule has 0 saturated carbocycles. The third-order valence-electron chi connectivity index (χ3n) is 3.42. The maximum absolute atomic E-state index is 11.7. The molecule has 1 saturated heterocycles. The molecule has 1 heterocycles. The molecule has 0 radical (unpaired) electrons. The topological polar surface area (TPSA) is 58.4 Å². The SMILES string of the molecule is CCCNC(=O)CC(CN)N1CCCCCC1. The first-order valence-corrected chi connectivity index (χ1v) is 6.98. The van der Waals surface area contributed by atoms with Gasteiger partial charge in [-0.05, 0) is 32.4 Å². The number of hydrogen-bond donors (Lipinski definition) is 2. The zero-order valence-corrected chi connectivity index (χ0v) is 11.1. The molecule has 17 heavy (non-hydrogen) atoms. The summed E-state index contributed by atoms with van der Waals surface area (Å²) in [5, 5.41) is 2.93. The van der Waals surface area contributed by atoms with E-state index in [1.165, 1.54) is 25.7 Å². The monoisotopic (exact) mass is 241 g/mol. The summed E-state index contributed by atoms with van der Waals surface area (Å²) < 4.78 is 0. The number of nitrogens with two attached hydrogens (primary N) is 1. The quantitative estimate of drug-likeness (QED) is 0.732. The number of likely N-dealkylation sites (tertiary alicyclic amines) is 1. The Morgan fingerprint density at radius 1 is 1.29 bits per heavy atom. The summed E-state index contributed by atoms with van der Waals surface area (Å²) in [5.41, 5.74) is 5.81. The molecule has 3 N–H and O–H groups in total. The molecule has 0 bridgehead atoms. The maximum atomic E-state index is 11.7. The number of nitrogens with zero attached hydrogens (tertiary/aromatic N) is 1. The summed E-state index contributed by atoms with van der Waals surface area (Å²) in [6, 6.07) is 0.227. The van der Waals surface area contributed by atoms with Crippen molar-refractivity contribution in [2.45, 2.75) is 51.5 Å². The van der Waals surface area contributed by atoms with Crippen LogP contribution in [-0.4, -0.2) is 43.0 Å². The fourth-order valence-corrected chi connectivity index (χ4v) is 2.37. The Hall–Kier alpha value is -0.610. The van der Waals surface area contributed by atoms with E-state index in [-0.39, 0.29) is 11.9 Å². The van der Waals surface area contributed by atoms with Crippen LogP contribution in [0.4, 0.5) is 0 Å². The molecule has 100 valence electrons. The van der Waals surface area contributed by atoms with Gasteiger partial charge in [0.2, 0.25) is 5.91 Å². The van der Waals surface area contributed by atoms with Gasteiger partial charge in [-0.1, -0.05) is 19.8 Å². The third-order valence-corrected chi connectivity index (χ3v) is 3.42. The molecule has 0 aliphatic carbocycles. The van der Waals surface area contributed by atoms with Crippen LogP contribution < -0.4 is 11.1 Å². The Labute approximate surface area is 105 Å². The highest BCUT2D eigenvalue weighted by Crippen LogP contribution is 2.13. The van der Waals surface area contributed by atoms with Gasteiger partial charge in [0.25, 0.3) is 0 Å². The molecule has 1 fully saturated rings. The zero-order valence-electron chi connectivity index (χ0n) is 11.1. The summed E-state index contributed by atoms with van der Waals surface area (Å²) >= 11 is 0. The largest absolute Gasteiger partial charge is 0.356 e. The fraction of sp³-hybridized carbons (Fsp3) is 0.923. The smallest absolute Gasteiger partial charge is 0.221 e. The summed E-state index contributed by atoms with van der Waals surface area (Å²) in [6.07, 6.45) is 6.66. The minimum absolute atomic E-state index is 0.145. The second-order valence-corrected chi connectivity index (χ2v) is 4.89. The van der Waals surface area contributed by atoms with Gasteiger partial charge in [-0.25, -0.2) is 0 Å². The van der Waals surface area contributed by atoms with Gasteiger partial charge in [-0.15, -0.1) is 0 Å². The van der Waals surface area contributed by atoms with E-state index in [9.17, 15) is 4.79 Å². The van der Waals surface area contributed by atoms with Gasteiger partial charge in [0, 0.05) is 25.6 Å². The van der Waals surface area contributed by atoms with Gasteiger partial charge >= 0.3 is 0 Å². The fourth-order valence-electron chi connectivity index (χ4n) is 2.37. The van der Waals surface area contributed by atoms with Crippen LogP contribution in [0.25, 0.3) is 0 Å². The average molecular weight is 241 g/mol. The van der Waals surface area contributed by atoms with Gasteiger partial charge in [0.05, 0.1) is 0 Å². The molecular weight excluding hydrogens is 214 g/mol. The summed E-state index contributed by atoms with van der Waals surface area (Å²) in [7, 11) is 0. The Morgan fingerprint density at radius 2 is 1.94 bits per heavy atom. The minimum Gasteiger partial charge on any atom is -0.356 e. The number of hydrogen-bond acceptors (Lipinski definition) is 3.